The van der Waals surface area contributed by atoms with Crippen molar-refractivity contribution >= 4 is 5.91 Å². The van der Waals surface area contributed by atoms with Crippen LogP contribution < -0.4 is 5.56 Å². The molecule has 0 atom stereocenters. The Kier molecular flexibility index (Phi) is 5.46. The topological polar surface area (TPSA) is 68.1 Å². The van der Waals surface area contributed by atoms with Gasteiger partial charge in [0.1, 0.15) is 5.82 Å². The van der Waals surface area contributed by atoms with Crippen LogP contribution >= 0.6 is 0 Å². The number of aromatic nitrogens is 3. The highest BCUT2D eigenvalue weighted by Gasteiger charge is 2.24. The van der Waals surface area contributed by atoms with Gasteiger partial charge >= 0.3 is 0 Å². The van der Waals surface area contributed by atoms with Crippen LogP contribution in [0.15, 0.2) is 65.7 Å². The quantitative estimate of drug-likeness (QED) is 0.685. The maximum Gasteiger partial charge on any atom is 0.266 e. The van der Waals surface area contributed by atoms with Gasteiger partial charge in [-0.15, -0.1) is 0 Å². The zero-order valence-corrected chi connectivity index (χ0v) is 15.9. The number of carbonyl (C=O) groups excluding carboxylic acids is 1. The minimum absolute atomic E-state index is 0.00912. The first-order chi connectivity index (χ1) is 14.1. The van der Waals surface area contributed by atoms with Gasteiger partial charge in [0.15, 0.2) is 0 Å². The monoisotopic (exact) mass is 392 g/mol. The molecule has 0 unspecified atom stereocenters. The zero-order valence-electron chi connectivity index (χ0n) is 15.9. The fraction of sp³-hybridized carbons (Fsp3) is 0.273. The van der Waals surface area contributed by atoms with Crippen LogP contribution in [-0.4, -0.2) is 38.7 Å². The Balaban J connectivity index is 1.42. The summed E-state index contributed by atoms with van der Waals surface area (Å²) in [5.74, 6) is -0.0542. The van der Waals surface area contributed by atoms with Gasteiger partial charge in [0.25, 0.3) is 11.5 Å². The molecule has 0 bridgehead atoms. The van der Waals surface area contributed by atoms with E-state index in [4.69, 9.17) is 0 Å². The molecule has 4 rings (SSSR count). The maximum absolute atomic E-state index is 13.1. The molecule has 148 valence electrons. The highest BCUT2D eigenvalue weighted by Crippen LogP contribution is 2.21. The van der Waals surface area contributed by atoms with Crippen molar-refractivity contribution in [1.82, 2.24) is 19.7 Å². The summed E-state index contributed by atoms with van der Waals surface area (Å²) in [5.41, 5.74) is 1.83. The van der Waals surface area contributed by atoms with Crippen LogP contribution in [0.25, 0.3) is 11.3 Å². The van der Waals surface area contributed by atoms with Gasteiger partial charge in [-0.2, -0.15) is 5.10 Å². The average molecular weight is 392 g/mol. The second-order valence-electron chi connectivity index (χ2n) is 7.22. The van der Waals surface area contributed by atoms with Gasteiger partial charge in [0.05, 0.1) is 11.3 Å². The molecule has 1 aliphatic rings. The number of amides is 1. The molecule has 6 nitrogen and oxygen atoms in total. The number of benzene rings is 1. The fourth-order valence-corrected chi connectivity index (χ4v) is 3.59. The first-order valence-corrected chi connectivity index (χ1v) is 9.63. The molecule has 1 amide bonds. The van der Waals surface area contributed by atoms with E-state index in [-0.39, 0.29) is 23.2 Å². The Hall–Kier alpha value is -3.35. The molecular formula is C22H21FN4O2. The highest BCUT2D eigenvalue weighted by molar-refractivity contribution is 5.93. The second-order valence-corrected chi connectivity index (χ2v) is 7.22. The average Bonchev–Trinajstić information content (AvgIpc) is 2.76. The van der Waals surface area contributed by atoms with E-state index < -0.39 is 0 Å². The Morgan fingerprint density at radius 2 is 1.83 bits per heavy atom. The third-order valence-electron chi connectivity index (χ3n) is 5.25. The molecule has 29 heavy (non-hydrogen) atoms. The number of hydrogen-bond acceptors (Lipinski definition) is 4. The van der Waals surface area contributed by atoms with Gasteiger partial charge in [0.2, 0.25) is 0 Å². The lowest BCUT2D eigenvalue weighted by atomic mass is 9.96. The molecule has 0 N–H and O–H groups in total. The van der Waals surface area contributed by atoms with E-state index in [1.54, 1.807) is 42.7 Å². The lowest BCUT2D eigenvalue weighted by Crippen LogP contribution is -2.40. The lowest BCUT2D eigenvalue weighted by molar-refractivity contribution is 0.0680. The van der Waals surface area contributed by atoms with Crippen molar-refractivity contribution in [3.8, 4) is 11.3 Å². The highest BCUT2D eigenvalue weighted by atomic mass is 19.1. The van der Waals surface area contributed by atoms with Crippen LogP contribution in [0.3, 0.4) is 0 Å². The van der Waals surface area contributed by atoms with Crippen molar-refractivity contribution in [2.45, 2.75) is 19.4 Å². The van der Waals surface area contributed by atoms with Crippen molar-refractivity contribution < 1.29 is 9.18 Å². The van der Waals surface area contributed by atoms with Crippen LogP contribution in [-0.2, 0) is 6.54 Å². The minimum Gasteiger partial charge on any atom is -0.339 e. The molecule has 0 saturated carbocycles. The Labute approximate surface area is 167 Å². The van der Waals surface area contributed by atoms with Crippen molar-refractivity contribution in [1.29, 1.82) is 0 Å². The van der Waals surface area contributed by atoms with Crippen molar-refractivity contribution in [2.24, 2.45) is 5.92 Å². The molecule has 1 saturated heterocycles. The van der Waals surface area contributed by atoms with Crippen molar-refractivity contribution in [2.75, 3.05) is 13.1 Å². The van der Waals surface area contributed by atoms with Crippen molar-refractivity contribution in [3.63, 3.8) is 0 Å². The Bertz CT molecular complexity index is 1040. The van der Waals surface area contributed by atoms with Gasteiger partial charge < -0.3 is 4.90 Å². The van der Waals surface area contributed by atoms with Crippen LogP contribution in [0.2, 0.25) is 0 Å². The predicted molar refractivity (Wildman–Crippen MR) is 107 cm³/mol. The number of carbonyl (C=O) groups is 1. The first-order valence-electron chi connectivity index (χ1n) is 9.63. The van der Waals surface area contributed by atoms with E-state index >= 15 is 0 Å². The zero-order chi connectivity index (χ0) is 20.2. The number of piperidine rings is 1. The van der Waals surface area contributed by atoms with Crippen LogP contribution in [0.5, 0.6) is 0 Å². The number of rotatable bonds is 4. The normalized spacial score (nSPS) is 14.7. The molecular weight excluding hydrogens is 371 g/mol. The minimum atomic E-state index is -0.310. The fourth-order valence-electron chi connectivity index (χ4n) is 3.59. The maximum atomic E-state index is 13.1. The SMILES string of the molecule is O=C(c1cccnc1)N1CCC(Cn2nc(-c3ccc(F)cc3)ccc2=O)CC1. The molecule has 0 aliphatic carbocycles. The summed E-state index contributed by atoms with van der Waals surface area (Å²) in [5, 5.41) is 4.46. The summed E-state index contributed by atoms with van der Waals surface area (Å²) in [6.45, 7) is 1.79. The molecule has 1 aromatic carbocycles. The van der Waals surface area contributed by atoms with E-state index in [2.05, 4.69) is 10.1 Å². The van der Waals surface area contributed by atoms with Gasteiger partial charge in [-0.1, -0.05) is 0 Å². The first kappa shape index (κ1) is 19.0. The lowest BCUT2D eigenvalue weighted by Gasteiger charge is -2.32. The van der Waals surface area contributed by atoms with E-state index in [0.717, 1.165) is 18.4 Å². The molecule has 1 aliphatic heterocycles. The molecule has 1 fully saturated rings. The molecule has 7 heteroatoms. The predicted octanol–water partition coefficient (Wildman–Crippen LogP) is 3.00. The van der Waals surface area contributed by atoms with Gasteiger partial charge in [-0.05, 0) is 61.2 Å². The Morgan fingerprint density at radius 1 is 1.07 bits per heavy atom. The summed E-state index contributed by atoms with van der Waals surface area (Å²) < 4.78 is 14.6. The number of pyridine rings is 1. The van der Waals surface area contributed by atoms with Crippen molar-refractivity contribution in [3.05, 3.63) is 82.7 Å². The molecule has 0 spiro atoms. The number of halogens is 1. The van der Waals surface area contributed by atoms with Crippen LogP contribution in [0.4, 0.5) is 4.39 Å². The van der Waals surface area contributed by atoms with Crippen LogP contribution in [0, 0.1) is 11.7 Å². The summed E-state index contributed by atoms with van der Waals surface area (Å²) >= 11 is 0. The van der Waals surface area contributed by atoms with Gasteiger partial charge in [-0.3, -0.25) is 14.6 Å². The summed E-state index contributed by atoms with van der Waals surface area (Å²) in [6, 6.07) is 12.7. The third-order valence-corrected chi connectivity index (χ3v) is 5.25. The molecule has 3 aromatic rings. The third kappa shape index (κ3) is 4.39. The smallest absolute Gasteiger partial charge is 0.266 e. The Morgan fingerprint density at radius 3 is 2.52 bits per heavy atom. The largest absolute Gasteiger partial charge is 0.339 e. The van der Waals surface area contributed by atoms with Gasteiger partial charge in [0, 0.05) is 43.7 Å². The summed E-state index contributed by atoms with van der Waals surface area (Å²) in [4.78, 5) is 30.6. The van der Waals surface area contributed by atoms with E-state index in [9.17, 15) is 14.0 Å². The number of nitrogens with zero attached hydrogens (tertiary/aromatic N) is 4. The second kappa shape index (κ2) is 8.34. The molecule has 2 aromatic heterocycles. The van der Waals surface area contributed by atoms with Gasteiger partial charge in [-0.25, -0.2) is 9.07 Å². The van der Waals surface area contributed by atoms with Crippen LogP contribution in [0.1, 0.15) is 23.2 Å². The van der Waals surface area contributed by atoms with E-state index in [0.29, 0.717) is 30.9 Å². The summed E-state index contributed by atoms with van der Waals surface area (Å²) in [6.07, 6.45) is 4.84. The summed E-state index contributed by atoms with van der Waals surface area (Å²) in [7, 11) is 0. The van der Waals surface area contributed by atoms with E-state index in [1.165, 1.54) is 22.9 Å². The molecule has 0 radical (unpaired) electrons. The molecule has 3 heterocycles. The number of likely N-dealkylation sites (tertiary alicyclic amines) is 1. The van der Waals surface area contributed by atoms with E-state index in [1.807, 2.05) is 4.90 Å². The standard InChI is InChI=1S/C22H21FN4O2/c23-19-5-3-17(4-6-19)20-7-8-21(28)27(25-20)15-16-9-12-26(13-10-16)22(29)18-2-1-11-24-14-18/h1-8,11,14,16H,9-10,12-13,15H2. The number of hydrogen-bond donors (Lipinski definition) is 0.